The quantitative estimate of drug-likeness (QED) is 0.742. The summed E-state index contributed by atoms with van der Waals surface area (Å²) < 4.78 is 40.8. The molecule has 1 aliphatic heterocycles. The van der Waals surface area contributed by atoms with Crippen LogP contribution in [0.25, 0.3) is 0 Å². The number of hydrogen-bond donors (Lipinski definition) is 1. The Morgan fingerprint density at radius 2 is 1.89 bits per heavy atom. The molecule has 0 bridgehead atoms. The Hall–Kier alpha value is -1.92. The van der Waals surface area contributed by atoms with Gasteiger partial charge in [-0.1, -0.05) is 18.2 Å². The number of ether oxygens (including phenoxy) is 3. The lowest BCUT2D eigenvalue weighted by Crippen LogP contribution is -2.47. The van der Waals surface area contributed by atoms with Gasteiger partial charge >= 0.3 is 5.97 Å². The molecule has 0 saturated carbocycles. The van der Waals surface area contributed by atoms with Crippen LogP contribution in [-0.2, 0) is 19.0 Å². The third kappa shape index (κ3) is 7.60. The lowest BCUT2D eigenvalue weighted by molar-refractivity contribution is -0.301. The van der Waals surface area contributed by atoms with Crippen LogP contribution >= 0.6 is 0 Å². The van der Waals surface area contributed by atoms with Gasteiger partial charge in [0, 0.05) is 22.1 Å². The largest absolute Gasteiger partial charge is 0.460 e. The SMILES string of the molecule is [2H]C([2H])([2H])[C@@H](C[C@@H]1C[C@H](CC(=O)OC(C)(C)C)OC(C)(C)O1)NC(=O)c1ccccc1. The minimum Gasteiger partial charge on any atom is -0.460 e. The highest BCUT2D eigenvalue weighted by atomic mass is 16.7. The van der Waals surface area contributed by atoms with Gasteiger partial charge in [0.05, 0.1) is 18.6 Å². The molecule has 3 atom stereocenters. The third-order valence-corrected chi connectivity index (χ3v) is 4.08. The van der Waals surface area contributed by atoms with Crippen molar-refractivity contribution in [2.75, 3.05) is 0 Å². The van der Waals surface area contributed by atoms with Gasteiger partial charge in [0.25, 0.3) is 5.91 Å². The first-order chi connectivity index (χ1) is 14.1. The van der Waals surface area contributed by atoms with E-state index in [9.17, 15) is 9.59 Å². The fourth-order valence-corrected chi connectivity index (χ4v) is 3.21. The van der Waals surface area contributed by atoms with E-state index in [0.717, 1.165) is 0 Å². The Labute approximate surface area is 172 Å². The average Bonchev–Trinajstić information content (AvgIpc) is 2.57. The zero-order chi connectivity index (χ0) is 23.4. The molecule has 0 aromatic heterocycles. The van der Waals surface area contributed by atoms with E-state index in [1.165, 1.54) is 0 Å². The van der Waals surface area contributed by atoms with E-state index >= 15 is 0 Å². The summed E-state index contributed by atoms with van der Waals surface area (Å²) in [4.78, 5) is 24.8. The van der Waals surface area contributed by atoms with Gasteiger partial charge in [-0.25, -0.2) is 0 Å². The molecule has 28 heavy (non-hydrogen) atoms. The molecule has 0 unspecified atom stereocenters. The van der Waals surface area contributed by atoms with Crippen molar-refractivity contribution in [3.05, 3.63) is 35.9 Å². The van der Waals surface area contributed by atoms with Crippen molar-refractivity contribution in [3.63, 3.8) is 0 Å². The van der Waals surface area contributed by atoms with Gasteiger partial charge in [-0.05, 0) is 60.0 Å². The van der Waals surface area contributed by atoms with Crippen LogP contribution in [-0.4, -0.2) is 41.5 Å². The fourth-order valence-electron chi connectivity index (χ4n) is 3.21. The second-order valence-corrected chi connectivity index (χ2v) is 8.53. The molecule has 2 rings (SSSR count). The lowest BCUT2D eigenvalue weighted by Gasteiger charge is -2.41. The summed E-state index contributed by atoms with van der Waals surface area (Å²) in [6.07, 6.45) is -0.582. The molecule has 6 nitrogen and oxygen atoms in total. The molecule has 1 heterocycles. The number of benzene rings is 1. The number of amides is 1. The topological polar surface area (TPSA) is 73.9 Å². The fraction of sp³-hybridized carbons (Fsp3) is 0.636. The summed E-state index contributed by atoms with van der Waals surface area (Å²) in [5.74, 6) is -1.85. The van der Waals surface area contributed by atoms with Crippen molar-refractivity contribution in [3.8, 4) is 0 Å². The maximum absolute atomic E-state index is 12.5. The first-order valence-corrected chi connectivity index (χ1v) is 9.58. The molecule has 1 aliphatic rings. The van der Waals surface area contributed by atoms with E-state index < -0.39 is 48.4 Å². The molecule has 0 aliphatic carbocycles. The molecule has 1 fully saturated rings. The molecular formula is C22H33NO5. The summed E-state index contributed by atoms with van der Waals surface area (Å²) in [5, 5.41) is 2.62. The number of hydrogen-bond acceptors (Lipinski definition) is 5. The predicted molar refractivity (Wildman–Crippen MR) is 107 cm³/mol. The molecular weight excluding hydrogens is 358 g/mol. The Morgan fingerprint density at radius 3 is 2.50 bits per heavy atom. The second kappa shape index (κ2) is 9.05. The first-order valence-electron chi connectivity index (χ1n) is 11.1. The summed E-state index contributed by atoms with van der Waals surface area (Å²) in [6, 6.07) is 7.34. The van der Waals surface area contributed by atoms with Crippen molar-refractivity contribution >= 4 is 11.9 Å². The van der Waals surface area contributed by atoms with Crippen LogP contribution in [0.5, 0.6) is 0 Å². The van der Waals surface area contributed by atoms with Gasteiger partial charge in [0.15, 0.2) is 5.79 Å². The molecule has 1 amide bonds. The van der Waals surface area contributed by atoms with Crippen molar-refractivity contribution in [1.29, 1.82) is 0 Å². The highest BCUT2D eigenvalue weighted by molar-refractivity contribution is 5.94. The zero-order valence-corrected chi connectivity index (χ0v) is 17.3. The Balaban J connectivity index is 2.08. The van der Waals surface area contributed by atoms with Gasteiger partial charge in [-0.2, -0.15) is 0 Å². The Morgan fingerprint density at radius 1 is 1.25 bits per heavy atom. The van der Waals surface area contributed by atoms with Crippen LogP contribution < -0.4 is 5.32 Å². The molecule has 1 N–H and O–H groups in total. The summed E-state index contributed by atoms with van der Waals surface area (Å²) in [6.45, 7) is 6.38. The number of nitrogens with one attached hydrogen (secondary N) is 1. The minimum atomic E-state index is -2.42. The van der Waals surface area contributed by atoms with Crippen LogP contribution in [0.15, 0.2) is 30.3 Å². The van der Waals surface area contributed by atoms with Crippen LogP contribution in [0.3, 0.4) is 0 Å². The molecule has 0 radical (unpaired) electrons. The van der Waals surface area contributed by atoms with E-state index in [1.807, 2.05) is 0 Å². The van der Waals surface area contributed by atoms with E-state index in [-0.39, 0.29) is 12.8 Å². The highest BCUT2D eigenvalue weighted by Gasteiger charge is 2.37. The van der Waals surface area contributed by atoms with Gasteiger partial charge < -0.3 is 19.5 Å². The van der Waals surface area contributed by atoms with E-state index in [4.69, 9.17) is 18.3 Å². The number of esters is 1. The summed E-state index contributed by atoms with van der Waals surface area (Å²) in [5.41, 5.74) is -0.224. The predicted octanol–water partition coefficient (Wildman–Crippen LogP) is 3.84. The average molecular weight is 395 g/mol. The molecule has 1 saturated heterocycles. The molecule has 1 aromatic carbocycles. The van der Waals surface area contributed by atoms with Gasteiger partial charge in [0.2, 0.25) is 0 Å². The van der Waals surface area contributed by atoms with Crippen molar-refractivity contribution < 1.29 is 27.9 Å². The van der Waals surface area contributed by atoms with Crippen molar-refractivity contribution in [1.82, 2.24) is 5.32 Å². The standard InChI is InChI=1S/C22H33NO5/c1-15(23-20(25)16-10-8-7-9-11-16)12-17-13-18(27-22(5,6)26-17)14-19(24)28-21(2,3)4/h7-11,15,17-18H,12-14H2,1-6H3,(H,23,25)/t15-,17+,18+/m0/s1/i1D3. The summed E-state index contributed by atoms with van der Waals surface area (Å²) >= 11 is 0. The van der Waals surface area contributed by atoms with Crippen LogP contribution in [0.2, 0.25) is 0 Å². The third-order valence-electron chi connectivity index (χ3n) is 4.08. The van der Waals surface area contributed by atoms with Crippen molar-refractivity contribution in [2.24, 2.45) is 0 Å². The first kappa shape index (κ1) is 18.1. The number of rotatable bonds is 6. The van der Waals surface area contributed by atoms with Crippen molar-refractivity contribution in [2.45, 2.75) is 90.4 Å². The van der Waals surface area contributed by atoms with Crippen LogP contribution in [0.4, 0.5) is 0 Å². The van der Waals surface area contributed by atoms with Crippen LogP contribution in [0, 0.1) is 0 Å². The van der Waals surface area contributed by atoms with Crippen LogP contribution in [0.1, 0.15) is 75.2 Å². The highest BCUT2D eigenvalue weighted by Crippen LogP contribution is 2.31. The van der Waals surface area contributed by atoms with Gasteiger partial charge in [-0.3, -0.25) is 9.59 Å². The smallest absolute Gasteiger partial charge is 0.308 e. The number of carbonyl (C=O) groups excluding carboxylic acids is 2. The van der Waals surface area contributed by atoms with Gasteiger partial charge in [-0.15, -0.1) is 0 Å². The second-order valence-electron chi connectivity index (χ2n) is 8.53. The number of carbonyl (C=O) groups is 2. The zero-order valence-electron chi connectivity index (χ0n) is 20.3. The lowest BCUT2D eigenvalue weighted by atomic mass is 10.00. The maximum Gasteiger partial charge on any atom is 0.308 e. The maximum atomic E-state index is 12.5. The Bertz CT molecular complexity index is 759. The van der Waals surface area contributed by atoms with E-state index in [2.05, 4.69) is 5.32 Å². The van der Waals surface area contributed by atoms with E-state index in [0.29, 0.717) is 12.0 Å². The monoisotopic (exact) mass is 394 g/mol. The molecule has 6 heteroatoms. The van der Waals surface area contributed by atoms with E-state index in [1.54, 1.807) is 65.0 Å². The summed E-state index contributed by atoms with van der Waals surface area (Å²) in [7, 11) is 0. The molecule has 0 spiro atoms. The minimum absolute atomic E-state index is 0.0371. The molecule has 1 aromatic rings. The Kier molecular flexibility index (Phi) is 5.86. The normalized spacial score (nSPS) is 25.0. The van der Waals surface area contributed by atoms with Gasteiger partial charge in [0.1, 0.15) is 5.60 Å². The molecule has 156 valence electrons.